The number of halogens is 3. The normalized spacial score (nSPS) is 14.5. The number of carbonyl (C=O) groups excluding carboxylic acids is 2. The molecule has 34 heavy (non-hydrogen) atoms. The summed E-state index contributed by atoms with van der Waals surface area (Å²) >= 11 is 0. The second kappa shape index (κ2) is 10.6. The lowest BCUT2D eigenvalue weighted by Crippen LogP contribution is -2.50. The molecular formula is C24H25F3N2O5. The average Bonchev–Trinajstić information content (AvgIpc) is 3.10. The van der Waals surface area contributed by atoms with Crippen LogP contribution < -0.4 is 10.6 Å². The minimum Gasteiger partial charge on any atom is -0.480 e. The molecule has 0 saturated heterocycles. The van der Waals surface area contributed by atoms with Gasteiger partial charge in [0, 0.05) is 5.92 Å². The van der Waals surface area contributed by atoms with E-state index in [4.69, 9.17) is 9.84 Å². The molecule has 0 aliphatic heterocycles. The molecule has 2 amide bonds. The predicted molar refractivity (Wildman–Crippen MR) is 117 cm³/mol. The summed E-state index contributed by atoms with van der Waals surface area (Å²) in [6.07, 6.45) is -6.94. The molecule has 0 bridgehead atoms. The van der Waals surface area contributed by atoms with Gasteiger partial charge in [-0.2, -0.15) is 13.2 Å². The number of alkyl carbamates (subject to hydrolysis) is 1. The fourth-order valence-electron chi connectivity index (χ4n) is 4.02. The number of carbonyl (C=O) groups is 3. The second-order valence-electron chi connectivity index (χ2n) is 8.02. The zero-order chi connectivity index (χ0) is 24.9. The zero-order valence-corrected chi connectivity index (χ0v) is 18.4. The van der Waals surface area contributed by atoms with Gasteiger partial charge in [-0.05, 0) is 28.7 Å². The Bertz CT molecular complexity index is 1010. The van der Waals surface area contributed by atoms with E-state index in [2.05, 4.69) is 5.32 Å². The van der Waals surface area contributed by atoms with Crippen molar-refractivity contribution in [2.24, 2.45) is 0 Å². The van der Waals surface area contributed by atoms with Crippen LogP contribution in [0, 0.1) is 0 Å². The number of hydrogen-bond acceptors (Lipinski definition) is 4. The Balaban J connectivity index is 1.64. The van der Waals surface area contributed by atoms with Gasteiger partial charge in [0.05, 0.1) is 6.42 Å². The fourth-order valence-corrected chi connectivity index (χ4v) is 4.02. The van der Waals surface area contributed by atoms with Gasteiger partial charge in [0.15, 0.2) is 0 Å². The zero-order valence-electron chi connectivity index (χ0n) is 18.4. The number of rotatable bonds is 9. The molecule has 2 aromatic carbocycles. The van der Waals surface area contributed by atoms with Crippen molar-refractivity contribution in [3.63, 3.8) is 0 Å². The second-order valence-corrected chi connectivity index (χ2v) is 8.02. The topological polar surface area (TPSA) is 105 Å². The molecule has 1 unspecified atom stereocenters. The van der Waals surface area contributed by atoms with Crippen LogP contribution >= 0.6 is 0 Å². The number of carboxylic acid groups (broad SMARTS) is 1. The molecule has 3 N–H and O–H groups in total. The summed E-state index contributed by atoms with van der Waals surface area (Å²) in [5.74, 6) is -2.82. The van der Waals surface area contributed by atoms with E-state index in [0.717, 1.165) is 22.3 Å². The molecule has 10 heteroatoms. The first-order valence-corrected chi connectivity index (χ1v) is 10.8. The van der Waals surface area contributed by atoms with Crippen LogP contribution in [0.2, 0.25) is 0 Å². The van der Waals surface area contributed by atoms with Gasteiger partial charge in [-0.3, -0.25) is 4.79 Å². The Morgan fingerprint density at radius 3 is 2.06 bits per heavy atom. The van der Waals surface area contributed by atoms with Crippen LogP contribution in [-0.2, 0) is 14.3 Å². The number of benzene rings is 2. The molecule has 3 rings (SSSR count). The van der Waals surface area contributed by atoms with Crippen LogP contribution in [0.1, 0.15) is 43.2 Å². The van der Waals surface area contributed by atoms with Gasteiger partial charge in [-0.25, -0.2) is 9.59 Å². The van der Waals surface area contributed by atoms with Crippen LogP contribution in [0.3, 0.4) is 0 Å². The van der Waals surface area contributed by atoms with Crippen LogP contribution in [0.4, 0.5) is 18.0 Å². The lowest BCUT2D eigenvalue weighted by atomic mass is 9.98. The first-order valence-electron chi connectivity index (χ1n) is 10.8. The Morgan fingerprint density at radius 2 is 1.56 bits per heavy atom. The summed E-state index contributed by atoms with van der Waals surface area (Å²) in [6.45, 7) is 1.49. The number of ether oxygens (including phenoxy) is 1. The Morgan fingerprint density at radius 1 is 1.00 bits per heavy atom. The first kappa shape index (κ1) is 25.1. The molecule has 2 aromatic rings. The summed E-state index contributed by atoms with van der Waals surface area (Å²) in [4.78, 5) is 35.4. The first-order chi connectivity index (χ1) is 16.1. The van der Waals surface area contributed by atoms with E-state index >= 15 is 0 Å². The van der Waals surface area contributed by atoms with Crippen molar-refractivity contribution in [2.45, 2.75) is 50.4 Å². The molecule has 7 nitrogen and oxygen atoms in total. The molecule has 0 spiro atoms. The molecule has 1 aliphatic rings. The molecule has 0 fully saturated rings. The lowest BCUT2D eigenvalue weighted by Gasteiger charge is -2.23. The van der Waals surface area contributed by atoms with E-state index in [1.165, 1.54) is 0 Å². The third kappa shape index (κ3) is 5.86. The van der Waals surface area contributed by atoms with Crippen LogP contribution in [-0.4, -0.2) is 47.9 Å². The number of nitrogens with one attached hydrogen (secondary N) is 2. The fraction of sp³-hybridized carbons (Fsp3) is 0.375. The quantitative estimate of drug-likeness (QED) is 0.501. The number of amides is 2. The van der Waals surface area contributed by atoms with Crippen molar-refractivity contribution in [1.82, 2.24) is 10.6 Å². The molecule has 2 atom stereocenters. The summed E-state index contributed by atoms with van der Waals surface area (Å²) in [6, 6.07) is 11.2. The minimum atomic E-state index is -4.94. The third-order valence-electron chi connectivity index (χ3n) is 5.63. The maximum Gasteiger partial charge on any atom is 0.409 e. The maximum absolute atomic E-state index is 13.5. The number of aliphatic carboxylic acids is 1. The molecular weight excluding hydrogens is 453 g/mol. The van der Waals surface area contributed by atoms with Gasteiger partial charge in [-0.15, -0.1) is 0 Å². The van der Waals surface area contributed by atoms with E-state index < -0.39 is 42.7 Å². The highest BCUT2D eigenvalue weighted by atomic mass is 19.4. The van der Waals surface area contributed by atoms with Crippen LogP contribution in [0.25, 0.3) is 11.1 Å². The van der Waals surface area contributed by atoms with Gasteiger partial charge >= 0.3 is 18.2 Å². The number of carboxylic acids is 1. The largest absolute Gasteiger partial charge is 0.480 e. The summed E-state index contributed by atoms with van der Waals surface area (Å²) in [7, 11) is 0. The Hall–Kier alpha value is -3.56. The van der Waals surface area contributed by atoms with Gasteiger partial charge in [-0.1, -0.05) is 61.9 Å². The summed E-state index contributed by atoms with van der Waals surface area (Å²) in [5.41, 5.74) is 3.74. The molecule has 0 radical (unpaired) electrons. The number of fused-ring (bicyclic) bond motifs is 3. The van der Waals surface area contributed by atoms with Gasteiger partial charge < -0.3 is 20.5 Å². The van der Waals surface area contributed by atoms with Gasteiger partial charge in [0.2, 0.25) is 5.91 Å². The predicted octanol–water partition coefficient (Wildman–Crippen LogP) is 4.22. The lowest BCUT2D eigenvalue weighted by molar-refractivity contribution is -0.161. The smallest absolute Gasteiger partial charge is 0.409 e. The van der Waals surface area contributed by atoms with Crippen LogP contribution in [0.15, 0.2) is 48.5 Å². The highest BCUT2D eigenvalue weighted by Crippen LogP contribution is 2.44. The molecule has 0 heterocycles. The van der Waals surface area contributed by atoms with Gasteiger partial charge in [0.1, 0.15) is 18.7 Å². The van der Waals surface area contributed by atoms with Crippen molar-refractivity contribution < 1.29 is 37.4 Å². The van der Waals surface area contributed by atoms with Crippen molar-refractivity contribution >= 4 is 18.0 Å². The van der Waals surface area contributed by atoms with Crippen LogP contribution in [0.5, 0.6) is 0 Å². The van der Waals surface area contributed by atoms with E-state index in [0.29, 0.717) is 6.42 Å². The average molecular weight is 478 g/mol. The molecule has 1 aliphatic carbocycles. The summed E-state index contributed by atoms with van der Waals surface area (Å²) in [5, 5.41) is 12.8. The maximum atomic E-state index is 13.5. The van der Waals surface area contributed by atoms with E-state index in [-0.39, 0.29) is 18.9 Å². The SMILES string of the molecule is CCC[C@@H](NC(=O)CC(NC(=O)OCC1c2ccccc2-c2ccccc21)C(F)(F)F)C(=O)O. The van der Waals surface area contributed by atoms with E-state index in [1.54, 1.807) is 12.2 Å². The molecule has 0 aromatic heterocycles. The van der Waals surface area contributed by atoms with Crippen molar-refractivity contribution in [2.75, 3.05) is 6.61 Å². The standard InChI is InChI=1S/C24H25F3N2O5/c1-2-7-19(22(31)32)28-21(30)12-20(24(25,26)27)29-23(33)34-13-18-16-10-5-3-8-14(16)15-9-4-6-11-17(15)18/h3-6,8-11,18-20H,2,7,12-13H2,1H3,(H,28,30)(H,29,33)(H,31,32)/t19-,20?/m1/s1. The van der Waals surface area contributed by atoms with E-state index in [9.17, 15) is 27.6 Å². The van der Waals surface area contributed by atoms with E-state index in [1.807, 2.05) is 48.5 Å². The van der Waals surface area contributed by atoms with Crippen molar-refractivity contribution in [1.29, 1.82) is 0 Å². The third-order valence-corrected chi connectivity index (χ3v) is 5.63. The minimum absolute atomic E-state index is 0.0670. The Labute approximate surface area is 194 Å². The highest BCUT2D eigenvalue weighted by Gasteiger charge is 2.43. The highest BCUT2D eigenvalue weighted by molar-refractivity contribution is 5.84. The number of alkyl halides is 3. The monoisotopic (exact) mass is 478 g/mol. The molecule has 182 valence electrons. The van der Waals surface area contributed by atoms with Crippen molar-refractivity contribution in [3.05, 3.63) is 59.7 Å². The number of hydrogen-bond donors (Lipinski definition) is 3. The summed E-state index contributed by atoms with van der Waals surface area (Å²) < 4.78 is 45.5. The van der Waals surface area contributed by atoms with Crippen molar-refractivity contribution in [3.8, 4) is 11.1 Å². The van der Waals surface area contributed by atoms with Gasteiger partial charge in [0.25, 0.3) is 0 Å². The molecule has 0 saturated carbocycles. The Kier molecular flexibility index (Phi) is 7.80.